The van der Waals surface area contributed by atoms with Crippen LogP contribution in [0.4, 0.5) is 0 Å². The van der Waals surface area contributed by atoms with E-state index in [1.807, 2.05) is 0 Å². The molecule has 0 aliphatic carbocycles. The molecule has 134 valence electrons. The van der Waals surface area contributed by atoms with Gasteiger partial charge in [0.05, 0.1) is 0 Å². The topological polar surface area (TPSA) is 24.1 Å². The minimum Gasteiger partial charge on any atom is -0.315 e. The lowest BCUT2D eigenvalue weighted by atomic mass is 9.84. The Morgan fingerprint density at radius 3 is 1.18 bits per heavy atom. The first-order chi connectivity index (χ1) is 9.99. The van der Waals surface area contributed by atoms with Gasteiger partial charge in [0.2, 0.25) is 0 Å². The van der Waals surface area contributed by atoms with Crippen LogP contribution < -0.4 is 10.6 Å². The van der Waals surface area contributed by atoms with Crippen molar-refractivity contribution < 1.29 is 0 Å². The molecule has 2 atom stereocenters. The van der Waals surface area contributed by atoms with Crippen LogP contribution in [-0.2, 0) is 0 Å². The highest BCUT2D eigenvalue weighted by Gasteiger charge is 2.15. The van der Waals surface area contributed by atoms with Crippen molar-refractivity contribution >= 4 is 0 Å². The van der Waals surface area contributed by atoms with Gasteiger partial charge in [-0.1, -0.05) is 55.4 Å². The molecule has 2 unspecified atom stereocenters. The average molecular weight is 313 g/mol. The maximum atomic E-state index is 3.57. The summed E-state index contributed by atoms with van der Waals surface area (Å²) in [6, 6.07) is 0. The Morgan fingerprint density at radius 2 is 0.909 bits per heavy atom. The van der Waals surface area contributed by atoms with E-state index >= 15 is 0 Å². The molecule has 0 radical (unpaired) electrons. The number of nitrogens with one attached hydrogen (secondary N) is 2. The van der Waals surface area contributed by atoms with E-state index in [1.54, 1.807) is 0 Å². The molecule has 2 heteroatoms. The van der Waals surface area contributed by atoms with Crippen LogP contribution in [-0.4, -0.2) is 26.2 Å². The average Bonchev–Trinajstić information content (AvgIpc) is 2.27. The molecule has 2 nitrogen and oxygen atoms in total. The minimum absolute atomic E-state index is 0.463. The molecule has 0 rings (SSSR count). The van der Waals surface area contributed by atoms with Gasteiger partial charge in [-0.3, -0.25) is 0 Å². The fourth-order valence-corrected chi connectivity index (χ4v) is 3.42. The van der Waals surface area contributed by atoms with Crippen molar-refractivity contribution in [3.8, 4) is 0 Å². The molecule has 0 bridgehead atoms. The normalized spacial score (nSPS) is 15.8. The molecule has 2 N–H and O–H groups in total. The molecule has 0 saturated carbocycles. The van der Waals surface area contributed by atoms with Gasteiger partial charge in [0.25, 0.3) is 0 Å². The second-order valence-electron chi connectivity index (χ2n) is 9.82. The van der Waals surface area contributed by atoms with Crippen LogP contribution in [0.15, 0.2) is 0 Å². The quantitative estimate of drug-likeness (QED) is 0.519. The van der Waals surface area contributed by atoms with Crippen molar-refractivity contribution in [2.75, 3.05) is 26.2 Å². The maximum absolute atomic E-state index is 3.57. The first kappa shape index (κ1) is 21.9. The van der Waals surface area contributed by atoms with E-state index in [4.69, 9.17) is 0 Å². The van der Waals surface area contributed by atoms with Gasteiger partial charge in [-0.15, -0.1) is 0 Å². The first-order valence-corrected chi connectivity index (χ1v) is 9.41. The Kier molecular flexibility index (Phi) is 10.6. The molecule has 0 fully saturated rings. The first-order valence-electron chi connectivity index (χ1n) is 9.41. The van der Waals surface area contributed by atoms with Crippen LogP contribution in [0.25, 0.3) is 0 Å². The van der Waals surface area contributed by atoms with E-state index < -0.39 is 0 Å². The molecule has 0 aromatic rings. The number of hydrogen-bond donors (Lipinski definition) is 2. The van der Waals surface area contributed by atoms with Gasteiger partial charge in [0.1, 0.15) is 0 Å². The molecule has 0 heterocycles. The third-order valence-electron chi connectivity index (χ3n) is 4.03. The predicted molar refractivity (Wildman–Crippen MR) is 101 cm³/mol. The summed E-state index contributed by atoms with van der Waals surface area (Å²) in [7, 11) is 0. The summed E-state index contributed by atoms with van der Waals surface area (Å²) < 4.78 is 0. The Labute approximate surface area is 141 Å². The van der Waals surface area contributed by atoms with Crippen LogP contribution in [0.2, 0.25) is 0 Å². The summed E-state index contributed by atoms with van der Waals surface area (Å²) in [6.07, 6.45) is 5.22. The van der Waals surface area contributed by atoms with E-state index in [2.05, 4.69) is 66.0 Å². The fraction of sp³-hybridized carbons (Fsp3) is 1.00. The third kappa shape index (κ3) is 16.3. The molecule has 0 spiro atoms. The van der Waals surface area contributed by atoms with Crippen LogP contribution in [0.5, 0.6) is 0 Å². The van der Waals surface area contributed by atoms with Crippen LogP contribution in [0.3, 0.4) is 0 Å². The second kappa shape index (κ2) is 10.6. The minimum atomic E-state index is 0.463. The van der Waals surface area contributed by atoms with Crippen LogP contribution in [0, 0.1) is 22.7 Å². The third-order valence-corrected chi connectivity index (χ3v) is 4.03. The van der Waals surface area contributed by atoms with Gasteiger partial charge in [-0.05, 0) is 61.4 Å². The van der Waals surface area contributed by atoms with Crippen LogP contribution in [0.1, 0.15) is 81.1 Å². The zero-order valence-electron chi connectivity index (χ0n) is 16.8. The smallest absolute Gasteiger partial charge is 0.00767 e. The van der Waals surface area contributed by atoms with Crippen molar-refractivity contribution in [3.05, 3.63) is 0 Å². The molecule has 0 saturated heterocycles. The van der Waals surface area contributed by atoms with Crippen molar-refractivity contribution in [3.63, 3.8) is 0 Å². The zero-order chi connectivity index (χ0) is 17.2. The highest BCUT2D eigenvalue weighted by atomic mass is 14.9. The predicted octanol–water partition coefficient (Wildman–Crippen LogP) is 5.09. The summed E-state index contributed by atoms with van der Waals surface area (Å²) in [5, 5.41) is 7.13. The van der Waals surface area contributed by atoms with Gasteiger partial charge >= 0.3 is 0 Å². The van der Waals surface area contributed by atoms with Gasteiger partial charge in [0, 0.05) is 13.1 Å². The lowest BCUT2D eigenvalue weighted by Crippen LogP contribution is -2.30. The molecule has 22 heavy (non-hydrogen) atoms. The Morgan fingerprint density at radius 1 is 0.591 bits per heavy atom. The molecule has 0 aliphatic rings. The summed E-state index contributed by atoms with van der Waals surface area (Å²) >= 11 is 0. The summed E-state index contributed by atoms with van der Waals surface area (Å²) in [5.74, 6) is 1.64. The lowest BCUT2D eigenvalue weighted by molar-refractivity contribution is 0.292. The van der Waals surface area contributed by atoms with Gasteiger partial charge in [-0.25, -0.2) is 0 Å². The van der Waals surface area contributed by atoms with E-state index in [0.717, 1.165) is 38.0 Å². The van der Waals surface area contributed by atoms with E-state index in [1.165, 1.54) is 25.7 Å². The van der Waals surface area contributed by atoms with Gasteiger partial charge < -0.3 is 10.6 Å². The summed E-state index contributed by atoms with van der Waals surface area (Å²) in [4.78, 5) is 0. The molecule has 0 amide bonds. The molecular formula is C20H44N2. The van der Waals surface area contributed by atoms with Crippen molar-refractivity contribution in [1.82, 2.24) is 10.6 Å². The lowest BCUT2D eigenvalue weighted by Gasteiger charge is -2.23. The molecule has 0 aliphatic heterocycles. The Hall–Kier alpha value is -0.0800. The SMILES string of the molecule is CC(CCNCCNCCC(C)CC(C)(C)C)CC(C)(C)C. The highest BCUT2D eigenvalue weighted by Crippen LogP contribution is 2.26. The molecule has 0 aromatic heterocycles. The second-order valence-corrected chi connectivity index (χ2v) is 9.82. The summed E-state index contributed by atoms with van der Waals surface area (Å²) in [5.41, 5.74) is 0.926. The Balaban J connectivity index is 3.41. The van der Waals surface area contributed by atoms with Crippen LogP contribution >= 0.6 is 0 Å². The highest BCUT2D eigenvalue weighted by molar-refractivity contribution is 4.68. The van der Waals surface area contributed by atoms with E-state index in [-0.39, 0.29) is 0 Å². The zero-order valence-corrected chi connectivity index (χ0v) is 16.8. The van der Waals surface area contributed by atoms with E-state index in [9.17, 15) is 0 Å². The molecular weight excluding hydrogens is 268 g/mol. The number of hydrogen-bond acceptors (Lipinski definition) is 2. The monoisotopic (exact) mass is 312 g/mol. The van der Waals surface area contributed by atoms with Gasteiger partial charge in [0.15, 0.2) is 0 Å². The standard InChI is InChI=1S/C20H44N2/c1-17(15-19(3,4)5)9-11-21-13-14-22-12-10-18(2)16-20(6,7)8/h17-18,21-22H,9-16H2,1-8H3. The Bertz CT molecular complexity index is 232. The van der Waals surface area contributed by atoms with Crippen molar-refractivity contribution in [1.29, 1.82) is 0 Å². The number of rotatable bonds is 11. The fourth-order valence-electron chi connectivity index (χ4n) is 3.42. The van der Waals surface area contributed by atoms with Crippen molar-refractivity contribution in [2.45, 2.75) is 81.1 Å². The summed E-state index contributed by atoms with van der Waals surface area (Å²) in [6.45, 7) is 23.3. The van der Waals surface area contributed by atoms with Gasteiger partial charge in [-0.2, -0.15) is 0 Å². The van der Waals surface area contributed by atoms with Crippen molar-refractivity contribution in [2.24, 2.45) is 22.7 Å². The molecule has 0 aromatic carbocycles. The van der Waals surface area contributed by atoms with E-state index in [0.29, 0.717) is 10.8 Å². The largest absolute Gasteiger partial charge is 0.315 e. The maximum Gasteiger partial charge on any atom is 0.00767 e.